The van der Waals surface area contributed by atoms with E-state index in [0.717, 1.165) is 33.4 Å². The average molecular weight is 488 g/mol. The summed E-state index contributed by atoms with van der Waals surface area (Å²) in [6.45, 7) is 6.53. The van der Waals surface area contributed by atoms with E-state index in [4.69, 9.17) is 9.47 Å². The molecule has 0 saturated heterocycles. The third kappa shape index (κ3) is 5.77. The molecule has 4 rings (SSSR count). The molecule has 0 aliphatic heterocycles. The number of aliphatic carboxylic acids is 1. The normalized spacial score (nSPS) is 13.6. The molecule has 0 aromatic heterocycles. The van der Waals surface area contributed by atoms with Crippen LogP contribution >= 0.6 is 0 Å². The van der Waals surface area contributed by atoms with Crippen molar-refractivity contribution in [2.24, 2.45) is 0 Å². The summed E-state index contributed by atoms with van der Waals surface area (Å²) in [6.07, 6.45) is -0.490. The number of carbonyl (C=O) groups excluding carboxylic acids is 1. The predicted molar refractivity (Wildman–Crippen MR) is 139 cm³/mol. The van der Waals surface area contributed by atoms with Crippen LogP contribution in [0.5, 0.6) is 0 Å². The summed E-state index contributed by atoms with van der Waals surface area (Å²) >= 11 is 0. The number of benzene rings is 3. The summed E-state index contributed by atoms with van der Waals surface area (Å²) in [5.74, 6) is -1.17. The molecular formula is C30H33NO5. The van der Waals surface area contributed by atoms with Crippen LogP contribution < -0.4 is 0 Å². The lowest BCUT2D eigenvalue weighted by Gasteiger charge is -2.25. The average Bonchev–Trinajstić information content (AvgIpc) is 3.17. The van der Waals surface area contributed by atoms with Crippen LogP contribution in [0.2, 0.25) is 0 Å². The Morgan fingerprint density at radius 3 is 2.08 bits per heavy atom. The first-order chi connectivity index (χ1) is 17.1. The molecule has 1 amide bonds. The molecule has 3 aromatic carbocycles. The van der Waals surface area contributed by atoms with Gasteiger partial charge < -0.3 is 14.6 Å². The van der Waals surface area contributed by atoms with Crippen LogP contribution in [-0.2, 0) is 27.3 Å². The number of hydrogen-bond donors (Lipinski definition) is 1. The Labute approximate surface area is 212 Å². The van der Waals surface area contributed by atoms with Crippen molar-refractivity contribution in [2.75, 3.05) is 13.7 Å². The van der Waals surface area contributed by atoms with Gasteiger partial charge in [0.2, 0.25) is 0 Å². The molecule has 0 saturated carbocycles. The maximum Gasteiger partial charge on any atom is 0.410 e. The second kappa shape index (κ2) is 10.5. The molecule has 0 spiro atoms. The topological polar surface area (TPSA) is 76.1 Å². The standard InChI is InChI=1S/C30H33NO5/c1-30(2,3)36-18-21-11-9-10-20(16-21)17-27(28(32)33)31(4)29(34)35-19-26-24-14-7-5-12-22(24)23-13-6-8-15-25(23)26/h5-16,26-27H,17-19H2,1-4H3,(H,32,33)/t27-/m0/s1. The molecule has 6 heteroatoms. The Morgan fingerprint density at radius 2 is 1.50 bits per heavy atom. The van der Waals surface area contributed by atoms with Gasteiger partial charge in [0, 0.05) is 19.4 Å². The van der Waals surface area contributed by atoms with E-state index in [-0.39, 0.29) is 24.5 Å². The molecule has 0 fully saturated rings. The Morgan fingerprint density at radius 1 is 0.917 bits per heavy atom. The molecule has 1 atom stereocenters. The van der Waals surface area contributed by atoms with E-state index < -0.39 is 18.1 Å². The van der Waals surface area contributed by atoms with E-state index in [0.29, 0.717) is 6.61 Å². The van der Waals surface area contributed by atoms with Crippen molar-refractivity contribution in [3.8, 4) is 11.1 Å². The molecule has 0 unspecified atom stereocenters. The fraction of sp³-hybridized carbons (Fsp3) is 0.333. The number of nitrogens with zero attached hydrogens (tertiary/aromatic N) is 1. The molecule has 0 bridgehead atoms. The van der Waals surface area contributed by atoms with Gasteiger partial charge in [-0.25, -0.2) is 9.59 Å². The molecular weight excluding hydrogens is 454 g/mol. The Balaban J connectivity index is 1.43. The zero-order valence-corrected chi connectivity index (χ0v) is 21.2. The van der Waals surface area contributed by atoms with Gasteiger partial charge >= 0.3 is 12.1 Å². The van der Waals surface area contributed by atoms with Gasteiger partial charge in [-0.2, -0.15) is 0 Å². The zero-order valence-electron chi connectivity index (χ0n) is 21.2. The van der Waals surface area contributed by atoms with Gasteiger partial charge in [-0.15, -0.1) is 0 Å². The van der Waals surface area contributed by atoms with Crippen molar-refractivity contribution < 1.29 is 24.2 Å². The van der Waals surface area contributed by atoms with Crippen molar-refractivity contribution in [3.63, 3.8) is 0 Å². The first kappa shape index (κ1) is 25.5. The summed E-state index contributed by atoms with van der Waals surface area (Å²) in [4.78, 5) is 26.2. The number of hydrogen-bond acceptors (Lipinski definition) is 4. The molecule has 0 radical (unpaired) electrons. The van der Waals surface area contributed by atoms with E-state index in [1.165, 1.54) is 11.9 Å². The lowest BCUT2D eigenvalue weighted by Crippen LogP contribution is -2.44. The Bertz CT molecular complexity index is 1200. The number of carboxylic acid groups (broad SMARTS) is 1. The monoisotopic (exact) mass is 487 g/mol. The van der Waals surface area contributed by atoms with Crippen molar-refractivity contribution in [2.45, 2.75) is 51.4 Å². The van der Waals surface area contributed by atoms with Gasteiger partial charge in [0.15, 0.2) is 0 Å². The highest BCUT2D eigenvalue weighted by Gasteiger charge is 2.32. The largest absolute Gasteiger partial charge is 0.480 e. The minimum Gasteiger partial charge on any atom is -0.480 e. The SMILES string of the molecule is CN(C(=O)OCC1c2ccccc2-c2ccccc21)[C@@H](Cc1cccc(COC(C)(C)C)c1)C(=O)O. The summed E-state index contributed by atoms with van der Waals surface area (Å²) in [5.41, 5.74) is 5.99. The highest BCUT2D eigenvalue weighted by molar-refractivity contribution is 5.81. The smallest absolute Gasteiger partial charge is 0.410 e. The maximum atomic E-state index is 13.0. The van der Waals surface area contributed by atoms with Crippen molar-refractivity contribution in [1.82, 2.24) is 4.90 Å². The van der Waals surface area contributed by atoms with Crippen LogP contribution in [0.25, 0.3) is 11.1 Å². The molecule has 1 aliphatic rings. The van der Waals surface area contributed by atoms with Crippen molar-refractivity contribution in [3.05, 3.63) is 95.1 Å². The molecule has 36 heavy (non-hydrogen) atoms. The van der Waals surface area contributed by atoms with Gasteiger partial charge in [-0.3, -0.25) is 4.90 Å². The van der Waals surface area contributed by atoms with Crippen LogP contribution in [0, 0.1) is 0 Å². The van der Waals surface area contributed by atoms with Gasteiger partial charge in [0.1, 0.15) is 12.6 Å². The minimum absolute atomic E-state index is 0.0856. The van der Waals surface area contributed by atoms with Gasteiger partial charge in [-0.1, -0.05) is 72.8 Å². The maximum absolute atomic E-state index is 13.0. The number of carboxylic acids is 1. The van der Waals surface area contributed by atoms with Crippen LogP contribution in [-0.4, -0.2) is 47.4 Å². The lowest BCUT2D eigenvalue weighted by molar-refractivity contribution is -0.142. The first-order valence-corrected chi connectivity index (χ1v) is 12.2. The number of carbonyl (C=O) groups is 2. The minimum atomic E-state index is -1.08. The van der Waals surface area contributed by atoms with Crippen LogP contribution in [0.3, 0.4) is 0 Å². The van der Waals surface area contributed by atoms with Crippen molar-refractivity contribution in [1.29, 1.82) is 0 Å². The summed E-state index contributed by atoms with van der Waals surface area (Å²) < 4.78 is 11.5. The van der Waals surface area contributed by atoms with Gasteiger partial charge in [-0.05, 0) is 54.2 Å². The fourth-order valence-electron chi connectivity index (χ4n) is 4.58. The van der Waals surface area contributed by atoms with E-state index in [1.807, 2.05) is 81.4 Å². The Hall–Kier alpha value is -3.64. The third-order valence-electron chi connectivity index (χ3n) is 6.47. The van der Waals surface area contributed by atoms with Crippen LogP contribution in [0.4, 0.5) is 4.79 Å². The van der Waals surface area contributed by atoms with E-state index in [9.17, 15) is 14.7 Å². The fourth-order valence-corrected chi connectivity index (χ4v) is 4.58. The summed E-state index contributed by atoms with van der Waals surface area (Å²) in [5, 5.41) is 9.90. The molecule has 3 aromatic rings. The Kier molecular flexibility index (Phi) is 7.45. The molecule has 0 heterocycles. The van der Waals surface area contributed by atoms with Crippen LogP contribution in [0.1, 0.15) is 48.9 Å². The van der Waals surface area contributed by atoms with E-state index >= 15 is 0 Å². The number of amides is 1. The van der Waals surface area contributed by atoms with Crippen molar-refractivity contribution >= 4 is 12.1 Å². The summed E-state index contributed by atoms with van der Waals surface area (Å²) in [7, 11) is 1.48. The second-order valence-electron chi connectivity index (χ2n) is 10.2. The highest BCUT2D eigenvalue weighted by Crippen LogP contribution is 2.44. The number of rotatable bonds is 8. The highest BCUT2D eigenvalue weighted by atomic mass is 16.6. The predicted octanol–water partition coefficient (Wildman–Crippen LogP) is 5.88. The summed E-state index contributed by atoms with van der Waals surface area (Å²) in [6, 6.07) is 22.8. The number of ether oxygens (including phenoxy) is 2. The zero-order chi connectivity index (χ0) is 25.9. The number of fused-ring (bicyclic) bond motifs is 3. The van der Waals surface area contributed by atoms with Gasteiger partial charge in [0.05, 0.1) is 12.2 Å². The quantitative estimate of drug-likeness (QED) is 0.430. The lowest BCUT2D eigenvalue weighted by atomic mass is 9.98. The second-order valence-corrected chi connectivity index (χ2v) is 10.2. The van der Waals surface area contributed by atoms with E-state index in [2.05, 4.69) is 12.1 Å². The third-order valence-corrected chi connectivity index (χ3v) is 6.47. The molecule has 6 nitrogen and oxygen atoms in total. The molecule has 1 N–H and O–H groups in total. The molecule has 188 valence electrons. The van der Waals surface area contributed by atoms with Crippen LogP contribution in [0.15, 0.2) is 72.8 Å². The first-order valence-electron chi connectivity index (χ1n) is 12.2. The van der Waals surface area contributed by atoms with Gasteiger partial charge in [0.25, 0.3) is 0 Å². The molecule has 1 aliphatic carbocycles. The van der Waals surface area contributed by atoms with E-state index in [1.54, 1.807) is 0 Å². The number of likely N-dealkylation sites (N-methyl/N-ethyl adjacent to an activating group) is 1.